The molecule has 0 amide bonds. The van der Waals surface area contributed by atoms with Crippen molar-refractivity contribution in [2.45, 2.75) is 26.4 Å². The summed E-state index contributed by atoms with van der Waals surface area (Å²) in [6.45, 7) is 4.12. The number of rotatable bonds is 4. The van der Waals surface area contributed by atoms with Gasteiger partial charge in [0.2, 0.25) is 0 Å². The Morgan fingerprint density at radius 3 is 2.79 bits per heavy atom. The molecule has 8 heteroatoms. The summed E-state index contributed by atoms with van der Waals surface area (Å²) in [6, 6.07) is -0.0310. The molecule has 0 aromatic carbocycles. The van der Waals surface area contributed by atoms with Gasteiger partial charge in [0.25, 0.3) is 5.56 Å². The summed E-state index contributed by atoms with van der Waals surface area (Å²) in [5, 5.41) is 11.3. The number of aryl methyl sites for hydroxylation is 1. The fraction of sp³-hybridized carbons (Fsp3) is 0.455. The van der Waals surface area contributed by atoms with Crippen molar-refractivity contribution in [3.63, 3.8) is 0 Å². The predicted molar refractivity (Wildman–Crippen MR) is 72.2 cm³/mol. The third kappa shape index (κ3) is 2.93. The molecule has 1 N–H and O–H groups in total. The minimum absolute atomic E-state index is 0.0310. The first-order valence-electron chi connectivity index (χ1n) is 5.84. The van der Waals surface area contributed by atoms with Crippen LogP contribution in [-0.4, -0.2) is 24.5 Å². The summed E-state index contributed by atoms with van der Waals surface area (Å²) in [7, 11) is 1.79. The summed E-state index contributed by atoms with van der Waals surface area (Å²) in [5.74, 6) is 0.617. The topological polar surface area (TPSA) is 77.6 Å². The molecule has 0 aliphatic rings. The Balaban J connectivity index is 2.18. The van der Waals surface area contributed by atoms with Crippen molar-refractivity contribution in [3.8, 4) is 0 Å². The summed E-state index contributed by atoms with van der Waals surface area (Å²) in [4.78, 5) is 16.0. The number of halogens is 1. The molecule has 0 bridgehead atoms. The molecule has 0 saturated carbocycles. The van der Waals surface area contributed by atoms with Gasteiger partial charge >= 0.3 is 0 Å². The second-order valence-corrected chi connectivity index (χ2v) is 4.78. The zero-order valence-electron chi connectivity index (χ0n) is 11.0. The second-order valence-electron chi connectivity index (χ2n) is 4.40. The average molecular weight is 283 g/mol. The van der Waals surface area contributed by atoms with Crippen LogP contribution in [0.2, 0.25) is 5.02 Å². The third-order valence-electron chi connectivity index (χ3n) is 2.52. The Kier molecular flexibility index (Phi) is 3.84. The summed E-state index contributed by atoms with van der Waals surface area (Å²) in [5.41, 5.74) is 0.173. The zero-order chi connectivity index (χ0) is 14.0. The highest BCUT2D eigenvalue weighted by atomic mass is 35.5. The highest BCUT2D eigenvalue weighted by Gasteiger charge is 2.11. The SMILES string of the molecule is CC(C)n1ncc(NCc2ncn(C)n2)c(Cl)c1=O. The van der Waals surface area contributed by atoms with E-state index in [9.17, 15) is 4.79 Å². The van der Waals surface area contributed by atoms with E-state index in [4.69, 9.17) is 11.6 Å². The number of hydrogen-bond donors (Lipinski definition) is 1. The van der Waals surface area contributed by atoms with Crippen molar-refractivity contribution >= 4 is 17.3 Å². The summed E-state index contributed by atoms with van der Waals surface area (Å²) >= 11 is 6.03. The molecule has 19 heavy (non-hydrogen) atoms. The Bertz CT molecular complexity index is 632. The molecule has 2 heterocycles. The highest BCUT2D eigenvalue weighted by molar-refractivity contribution is 6.32. The highest BCUT2D eigenvalue weighted by Crippen LogP contribution is 2.16. The summed E-state index contributed by atoms with van der Waals surface area (Å²) in [6.07, 6.45) is 3.14. The Morgan fingerprint density at radius 2 is 2.21 bits per heavy atom. The third-order valence-corrected chi connectivity index (χ3v) is 2.88. The van der Waals surface area contributed by atoms with Gasteiger partial charge in [0.05, 0.1) is 24.5 Å². The van der Waals surface area contributed by atoms with Gasteiger partial charge in [-0.1, -0.05) is 11.6 Å². The van der Waals surface area contributed by atoms with Crippen LogP contribution in [0.25, 0.3) is 0 Å². The lowest BCUT2D eigenvalue weighted by Crippen LogP contribution is -2.25. The minimum atomic E-state index is -0.310. The van der Waals surface area contributed by atoms with E-state index in [2.05, 4.69) is 20.5 Å². The molecule has 0 fully saturated rings. The van der Waals surface area contributed by atoms with E-state index in [-0.39, 0.29) is 16.6 Å². The van der Waals surface area contributed by atoms with Crippen LogP contribution in [0.5, 0.6) is 0 Å². The van der Waals surface area contributed by atoms with Crippen LogP contribution in [0.4, 0.5) is 5.69 Å². The first-order chi connectivity index (χ1) is 8.99. The van der Waals surface area contributed by atoms with Crippen molar-refractivity contribution in [1.29, 1.82) is 0 Å². The van der Waals surface area contributed by atoms with E-state index in [1.165, 1.54) is 10.9 Å². The maximum atomic E-state index is 11.9. The maximum Gasteiger partial charge on any atom is 0.287 e. The number of hydrogen-bond acceptors (Lipinski definition) is 5. The molecule has 0 radical (unpaired) electrons. The van der Waals surface area contributed by atoms with Gasteiger partial charge in [-0.3, -0.25) is 9.48 Å². The molecule has 2 aromatic heterocycles. The van der Waals surface area contributed by atoms with Gasteiger partial charge in [-0.25, -0.2) is 9.67 Å². The standard InChI is InChI=1S/C11H15ClN6O/c1-7(2)18-11(19)10(12)8(4-15-18)13-5-9-14-6-17(3)16-9/h4,6-7,13H,5H2,1-3H3. The molecule has 2 aromatic rings. The summed E-state index contributed by atoms with van der Waals surface area (Å²) < 4.78 is 2.94. The van der Waals surface area contributed by atoms with Gasteiger partial charge < -0.3 is 5.32 Å². The first-order valence-corrected chi connectivity index (χ1v) is 6.22. The number of nitrogens with zero attached hydrogens (tertiary/aromatic N) is 5. The van der Waals surface area contributed by atoms with Crippen LogP contribution in [-0.2, 0) is 13.6 Å². The fourth-order valence-electron chi connectivity index (χ4n) is 1.58. The van der Waals surface area contributed by atoms with Crippen LogP contribution < -0.4 is 10.9 Å². The van der Waals surface area contributed by atoms with Crippen LogP contribution in [0.15, 0.2) is 17.3 Å². The lowest BCUT2D eigenvalue weighted by molar-refractivity contribution is 0.503. The average Bonchev–Trinajstić information content (AvgIpc) is 2.76. The largest absolute Gasteiger partial charge is 0.375 e. The van der Waals surface area contributed by atoms with Gasteiger partial charge in [-0.15, -0.1) is 0 Å². The lowest BCUT2D eigenvalue weighted by atomic mass is 10.4. The van der Waals surface area contributed by atoms with Gasteiger partial charge in [-0.05, 0) is 13.8 Å². The number of aromatic nitrogens is 5. The molecule has 2 rings (SSSR count). The van der Waals surface area contributed by atoms with Crippen molar-refractivity contribution in [2.75, 3.05) is 5.32 Å². The molecule has 7 nitrogen and oxygen atoms in total. The van der Waals surface area contributed by atoms with Crippen molar-refractivity contribution in [2.24, 2.45) is 7.05 Å². The minimum Gasteiger partial charge on any atom is -0.375 e. The Hall–Kier alpha value is -1.89. The normalized spacial score (nSPS) is 11.0. The molecule has 0 aliphatic carbocycles. The van der Waals surface area contributed by atoms with E-state index >= 15 is 0 Å². The molecule has 102 valence electrons. The molecular weight excluding hydrogens is 268 g/mol. The van der Waals surface area contributed by atoms with Crippen molar-refractivity contribution < 1.29 is 0 Å². The molecule has 0 atom stereocenters. The zero-order valence-corrected chi connectivity index (χ0v) is 11.7. The molecular formula is C11H15ClN6O. The molecule has 0 unspecified atom stereocenters. The van der Waals surface area contributed by atoms with Crippen molar-refractivity contribution in [3.05, 3.63) is 33.7 Å². The number of anilines is 1. The molecule has 0 saturated heterocycles. The molecule has 0 spiro atoms. The lowest BCUT2D eigenvalue weighted by Gasteiger charge is -2.11. The van der Waals surface area contributed by atoms with Gasteiger partial charge in [0, 0.05) is 7.05 Å². The smallest absolute Gasteiger partial charge is 0.287 e. The van der Waals surface area contributed by atoms with Gasteiger partial charge in [0.1, 0.15) is 11.3 Å². The van der Waals surface area contributed by atoms with E-state index < -0.39 is 0 Å². The molecule has 0 aliphatic heterocycles. The van der Waals surface area contributed by atoms with Crippen LogP contribution >= 0.6 is 11.6 Å². The monoisotopic (exact) mass is 282 g/mol. The second kappa shape index (κ2) is 5.40. The van der Waals surface area contributed by atoms with Gasteiger partial charge in [-0.2, -0.15) is 10.2 Å². The van der Waals surface area contributed by atoms with E-state index in [1.807, 2.05) is 13.8 Å². The van der Waals surface area contributed by atoms with E-state index in [0.717, 1.165) is 0 Å². The van der Waals surface area contributed by atoms with Crippen molar-refractivity contribution in [1.82, 2.24) is 24.5 Å². The maximum absolute atomic E-state index is 11.9. The number of nitrogens with one attached hydrogen (secondary N) is 1. The quantitative estimate of drug-likeness (QED) is 0.912. The van der Waals surface area contributed by atoms with Crippen LogP contribution in [0.3, 0.4) is 0 Å². The van der Waals surface area contributed by atoms with Gasteiger partial charge in [0.15, 0.2) is 5.82 Å². The fourth-order valence-corrected chi connectivity index (χ4v) is 1.78. The van der Waals surface area contributed by atoms with E-state index in [0.29, 0.717) is 18.1 Å². The Labute approximate surface area is 115 Å². The van der Waals surface area contributed by atoms with Crippen LogP contribution in [0.1, 0.15) is 25.7 Å². The predicted octanol–water partition coefficient (Wildman–Crippen LogP) is 1.22. The van der Waals surface area contributed by atoms with E-state index in [1.54, 1.807) is 18.1 Å². The van der Waals surface area contributed by atoms with Crippen LogP contribution in [0, 0.1) is 0 Å². The first kappa shape index (κ1) is 13.5. The Morgan fingerprint density at radius 1 is 1.47 bits per heavy atom.